The van der Waals surface area contributed by atoms with E-state index in [1.54, 1.807) is 26.0 Å². The van der Waals surface area contributed by atoms with Gasteiger partial charge >= 0.3 is 0 Å². The van der Waals surface area contributed by atoms with Crippen LogP contribution in [0, 0.1) is 13.8 Å². The molecule has 1 aliphatic heterocycles. The summed E-state index contributed by atoms with van der Waals surface area (Å²) in [5, 5.41) is 0.398. The Kier molecular flexibility index (Phi) is 4.95. The maximum Gasteiger partial charge on any atom is 0.241 e. The molecule has 1 aromatic rings. The second kappa shape index (κ2) is 6.34. The van der Waals surface area contributed by atoms with Crippen LogP contribution in [0.4, 0.5) is 5.69 Å². The van der Waals surface area contributed by atoms with Crippen LogP contribution < -0.4 is 16.0 Å². The third kappa shape index (κ3) is 3.46. The van der Waals surface area contributed by atoms with Crippen molar-refractivity contribution in [2.24, 2.45) is 5.84 Å². The summed E-state index contributed by atoms with van der Waals surface area (Å²) in [5.74, 6) is 6.50. The van der Waals surface area contributed by atoms with E-state index in [1.807, 2.05) is 11.8 Å². The van der Waals surface area contributed by atoms with E-state index in [-0.39, 0.29) is 0 Å². The van der Waals surface area contributed by atoms with Crippen molar-refractivity contribution in [1.82, 2.24) is 4.72 Å². The summed E-state index contributed by atoms with van der Waals surface area (Å²) in [4.78, 5) is 0.361. The van der Waals surface area contributed by atoms with E-state index in [1.165, 1.54) is 6.42 Å². The van der Waals surface area contributed by atoms with Crippen LogP contribution in [0.3, 0.4) is 0 Å². The molecule has 112 valence electrons. The molecule has 7 heteroatoms. The van der Waals surface area contributed by atoms with E-state index in [0.29, 0.717) is 33.5 Å². The van der Waals surface area contributed by atoms with Gasteiger partial charge in [0.1, 0.15) is 0 Å². The molecule has 0 amide bonds. The standard InChI is InChI=1S/C13H21N3O2S2/c1-9-6-11(16-14)7-10(2)13(9)20(17,18)15-8-12-4-3-5-19-12/h6-7,12,15-16H,3-5,8,14H2,1-2H3. The van der Waals surface area contributed by atoms with Crippen LogP contribution >= 0.6 is 11.8 Å². The second-order valence-corrected chi connectivity index (χ2v) is 8.18. The number of hydrazine groups is 1. The van der Waals surface area contributed by atoms with Crippen LogP contribution in [-0.4, -0.2) is 26.0 Å². The summed E-state index contributed by atoms with van der Waals surface area (Å²) >= 11 is 1.84. The van der Waals surface area contributed by atoms with Gasteiger partial charge in [0.05, 0.1) is 4.90 Å². The minimum atomic E-state index is -3.47. The number of sulfonamides is 1. The summed E-state index contributed by atoms with van der Waals surface area (Å²) in [7, 11) is -3.47. The third-order valence-electron chi connectivity index (χ3n) is 3.42. The number of anilines is 1. The Morgan fingerprint density at radius 1 is 1.35 bits per heavy atom. The molecule has 2 rings (SSSR count). The maximum absolute atomic E-state index is 12.5. The predicted octanol–water partition coefficient (Wildman–Crippen LogP) is 1.76. The lowest BCUT2D eigenvalue weighted by Gasteiger charge is -2.15. The zero-order valence-corrected chi connectivity index (χ0v) is 13.4. The monoisotopic (exact) mass is 315 g/mol. The summed E-state index contributed by atoms with van der Waals surface area (Å²) in [6.07, 6.45) is 2.26. The van der Waals surface area contributed by atoms with Crippen molar-refractivity contribution in [2.75, 3.05) is 17.7 Å². The average Bonchev–Trinajstić information content (AvgIpc) is 2.88. The second-order valence-electron chi connectivity index (χ2n) is 5.07. The van der Waals surface area contributed by atoms with E-state index < -0.39 is 10.0 Å². The SMILES string of the molecule is Cc1cc(NN)cc(C)c1S(=O)(=O)NCC1CCCS1. The molecule has 1 unspecified atom stereocenters. The van der Waals surface area contributed by atoms with Gasteiger partial charge in [-0.2, -0.15) is 11.8 Å². The first-order chi connectivity index (χ1) is 9.44. The van der Waals surface area contributed by atoms with Gasteiger partial charge < -0.3 is 5.43 Å². The lowest BCUT2D eigenvalue weighted by molar-refractivity contribution is 0.578. The van der Waals surface area contributed by atoms with Crippen molar-refractivity contribution in [3.05, 3.63) is 23.3 Å². The number of thioether (sulfide) groups is 1. The lowest BCUT2D eigenvalue weighted by Crippen LogP contribution is -2.31. The van der Waals surface area contributed by atoms with Crippen LogP contribution in [-0.2, 0) is 10.0 Å². The van der Waals surface area contributed by atoms with Gasteiger partial charge in [-0.15, -0.1) is 0 Å². The number of nitrogens with one attached hydrogen (secondary N) is 2. The van der Waals surface area contributed by atoms with Gasteiger partial charge in [0.15, 0.2) is 0 Å². The van der Waals surface area contributed by atoms with Crippen molar-refractivity contribution < 1.29 is 8.42 Å². The number of hydrogen-bond donors (Lipinski definition) is 3. The van der Waals surface area contributed by atoms with Gasteiger partial charge in [-0.1, -0.05) is 0 Å². The number of benzene rings is 1. The van der Waals surface area contributed by atoms with Crippen molar-refractivity contribution in [1.29, 1.82) is 0 Å². The number of hydrogen-bond acceptors (Lipinski definition) is 5. The first-order valence-electron chi connectivity index (χ1n) is 6.63. The van der Waals surface area contributed by atoms with Crippen LogP contribution in [0.15, 0.2) is 17.0 Å². The van der Waals surface area contributed by atoms with Gasteiger partial charge in [0.2, 0.25) is 10.0 Å². The molecule has 0 spiro atoms. The van der Waals surface area contributed by atoms with Crippen LogP contribution in [0.5, 0.6) is 0 Å². The Morgan fingerprint density at radius 3 is 2.50 bits per heavy atom. The molecule has 0 aromatic heterocycles. The van der Waals surface area contributed by atoms with E-state index >= 15 is 0 Å². The first kappa shape index (κ1) is 15.6. The molecule has 0 radical (unpaired) electrons. The molecule has 1 fully saturated rings. The molecular formula is C13H21N3O2S2. The Labute approximate surface area is 124 Å². The molecule has 0 bridgehead atoms. The van der Waals surface area contributed by atoms with E-state index in [2.05, 4.69) is 10.1 Å². The first-order valence-corrected chi connectivity index (χ1v) is 9.16. The Balaban J connectivity index is 2.20. The molecule has 1 heterocycles. The Hall–Kier alpha value is -0.760. The lowest BCUT2D eigenvalue weighted by atomic mass is 10.1. The predicted molar refractivity (Wildman–Crippen MR) is 84.4 cm³/mol. The maximum atomic E-state index is 12.5. The summed E-state index contributed by atoms with van der Waals surface area (Å²) in [6, 6.07) is 3.48. The fraction of sp³-hybridized carbons (Fsp3) is 0.538. The van der Waals surface area contributed by atoms with Gasteiger partial charge in [-0.05, 0) is 55.7 Å². The smallest absolute Gasteiger partial charge is 0.241 e. The van der Waals surface area contributed by atoms with Crippen molar-refractivity contribution >= 4 is 27.5 Å². The minimum Gasteiger partial charge on any atom is -0.324 e. The topological polar surface area (TPSA) is 84.2 Å². The normalized spacial score (nSPS) is 19.2. The highest BCUT2D eigenvalue weighted by molar-refractivity contribution is 8.00. The molecule has 0 aliphatic carbocycles. The fourth-order valence-corrected chi connectivity index (χ4v) is 5.37. The van der Waals surface area contributed by atoms with Crippen molar-refractivity contribution in [3.63, 3.8) is 0 Å². The van der Waals surface area contributed by atoms with Crippen molar-refractivity contribution in [3.8, 4) is 0 Å². The molecule has 1 aromatic carbocycles. The third-order valence-corrected chi connectivity index (χ3v) is 6.55. The van der Waals surface area contributed by atoms with E-state index in [4.69, 9.17) is 5.84 Å². The zero-order chi connectivity index (χ0) is 14.8. The Morgan fingerprint density at radius 2 is 2.00 bits per heavy atom. The zero-order valence-electron chi connectivity index (χ0n) is 11.8. The Bertz CT molecular complexity index is 558. The molecule has 0 saturated carbocycles. The highest BCUT2D eigenvalue weighted by atomic mass is 32.2. The minimum absolute atomic E-state index is 0.361. The number of rotatable bonds is 5. The largest absolute Gasteiger partial charge is 0.324 e. The van der Waals surface area contributed by atoms with E-state index in [9.17, 15) is 8.42 Å². The van der Waals surface area contributed by atoms with E-state index in [0.717, 1.165) is 12.2 Å². The molecule has 1 aliphatic rings. The summed E-state index contributed by atoms with van der Waals surface area (Å²) in [5.41, 5.74) is 4.66. The summed E-state index contributed by atoms with van der Waals surface area (Å²) in [6.45, 7) is 4.07. The van der Waals surface area contributed by atoms with Crippen molar-refractivity contribution in [2.45, 2.75) is 36.8 Å². The average molecular weight is 315 g/mol. The molecule has 4 N–H and O–H groups in total. The molecule has 20 heavy (non-hydrogen) atoms. The molecule has 5 nitrogen and oxygen atoms in total. The van der Waals surface area contributed by atoms with Crippen LogP contribution in [0.1, 0.15) is 24.0 Å². The number of nitrogens with two attached hydrogens (primary N) is 1. The molecular weight excluding hydrogens is 294 g/mol. The number of aryl methyl sites for hydroxylation is 2. The van der Waals surface area contributed by atoms with Crippen LogP contribution in [0.25, 0.3) is 0 Å². The quantitative estimate of drug-likeness (QED) is 0.569. The summed E-state index contributed by atoms with van der Waals surface area (Å²) < 4.78 is 27.7. The number of nitrogen functional groups attached to an aromatic ring is 1. The van der Waals surface area contributed by atoms with Gasteiger partial charge in [0, 0.05) is 17.5 Å². The molecule has 1 saturated heterocycles. The fourth-order valence-electron chi connectivity index (χ4n) is 2.54. The van der Waals surface area contributed by atoms with Gasteiger partial charge in [-0.25, -0.2) is 13.1 Å². The van der Waals surface area contributed by atoms with Gasteiger partial charge in [0.25, 0.3) is 0 Å². The molecule has 1 atom stereocenters. The highest BCUT2D eigenvalue weighted by Gasteiger charge is 2.23. The highest BCUT2D eigenvalue weighted by Crippen LogP contribution is 2.27. The van der Waals surface area contributed by atoms with Gasteiger partial charge in [-0.3, -0.25) is 5.84 Å². The van der Waals surface area contributed by atoms with Crippen LogP contribution in [0.2, 0.25) is 0 Å².